The number of aromatic nitrogens is 1. The zero-order valence-corrected chi connectivity index (χ0v) is 22.3. The number of carbonyl (C=O) groups excluding carboxylic acids is 2. The van der Waals surface area contributed by atoms with E-state index in [9.17, 15) is 22.8 Å². The lowest BCUT2D eigenvalue weighted by atomic mass is 9.93. The van der Waals surface area contributed by atoms with Crippen LogP contribution < -0.4 is 5.32 Å². The summed E-state index contributed by atoms with van der Waals surface area (Å²) in [6.07, 6.45) is 0.329. The van der Waals surface area contributed by atoms with Crippen LogP contribution in [0.25, 0.3) is 11.1 Å². The van der Waals surface area contributed by atoms with Gasteiger partial charge in [-0.3, -0.25) is 19.5 Å². The van der Waals surface area contributed by atoms with E-state index in [-0.39, 0.29) is 5.91 Å². The highest BCUT2D eigenvalue weighted by Gasteiger charge is 2.37. The monoisotopic (exact) mass is 550 g/mol. The van der Waals surface area contributed by atoms with Crippen molar-refractivity contribution in [2.45, 2.75) is 37.8 Å². The van der Waals surface area contributed by atoms with Crippen molar-refractivity contribution in [3.8, 4) is 11.1 Å². The Bertz CT molecular complexity index is 1340. The summed E-state index contributed by atoms with van der Waals surface area (Å²) in [5.41, 5.74) is 5.32. The number of amides is 2. The van der Waals surface area contributed by atoms with Gasteiger partial charge < -0.3 is 10.2 Å². The van der Waals surface area contributed by atoms with Gasteiger partial charge in [-0.15, -0.1) is 0 Å². The van der Waals surface area contributed by atoms with Crippen molar-refractivity contribution in [1.29, 1.82) is 0 Å². The van der Waals surface area contributed by atoms with Gasteiger partial charge in [-0.1, -0.05) is 48.5 Å². The van der Waals surface area contributed by atoms with Crippen molar-refractivity contribution >= 4 is 11.8 Å². The number of pyridine rings is 1. The van der Waals surface area contributed by atoms with Gasteiger partial charge in [-0.25, -0.2) is 0 Å². The number of fused-ring (bicyclic) bond motifs is 3. The fourth-order valence-corrected chi connectivity index (χ4v) is 5.75. The first-order valence-electron chi connectivity index (χ1n) is 13.8. The highest BCUT2D eigenvalue weighted by molar-refractivity contribution is 5.97. The standard InChI is InChI=1S/C31H33F3N4O2/c32-31(33,34)21-36-30(40)29-25-12-2-1-11-24(25)28-22(9-7-13-26(28)29)8-4-6-15-37-16-18-38(19-17-37)27(39)20-23-10-3-5-14-35-23/h1-3,5,7,9-14,29H,4,6,8,15-21H2,(H,36,40). The number of benzene rings is 2. The van der Waals surface area contributed by atoms with Crippen molar-refractivity contribution in [2.75, 3.05) is 39.3 Å². The molecule has 1 fully saturated rings. The molecule has 9 heteroatoms. The number of nitrogens with one attached hydrogen (secondary N) is 1. The maximum absolute atomic E-state index is 12.9. The number of unbranched alkanes of at least 4 members (excludes halogenated alkanes) is 1. The van der Waals surface area contributed by atoms with E-state index in [1.54, 1.807) is 6.20 Å². The van der Waals surface area contributed by atoms with Crippen LogP contribution in [0, 0.1) is 0 Å². The van der Waals surface area contributed by atoms with E-state index in [0.717, 1.165) is 72.4 Å². The van der Waals surface area contributed by atoms with Crippen LogP contribution in [0.1, 0.15) is 41.1 Å². The number of halogens is 3. The highest BCUT2D eigenvalue weighted by atomic mass is 19.4. The average molecular weight is 551 g/mol. The Kier molecular flexibility index (Phi) is 8.49. The summed E-state index contributed by atoms with van der Waals surface area (Å²) < 4.78 is 38.3. The molecular formula is C31H33F3N4O2. The number of hydrogen-bond acceptors (Lipinski definition) is 4. The molecule has 5 rings (SSSR count). The van der Waals surface area contributed by atoms with Crippen LogP contribution in [0.15, 0.2) is 66.9 Å². The zero-order chi connectivity index (χ0) is 28.1. The van der Waals surface area contributed by atoms with Crippen LogP contribution in [0.2, 0.25) is 0 Å². The van der Waals surface area contributed by atoms with Crippen LogP contribution in [-0.2, 0) is 22.4 Å². The van der Waals surface area contributed by atoms with Crippen molar-refractivity contribution in [3.63, 3.8) is 0 Å². The summed E-state index contributed by atoms with van der Waals surface area (Å²) in [5, 5.41) is 2.08. The SMILES string of the molecule is O=C(NCC(F)(F)F)C1c2ccccc2-c2c(CCCCN3CCN(C(=O)Cc4ccccn4)CC3)cccc21. The molecule has 40 heavy (non-hydrogen) atoms. The second-order valence-electron chi connectivity index (χ2n) is 10.4. The molecular weight excluding hydrogens is 517 g/mol. The predicted molar refractivity (Wildman–Crippen MR) is 147 cm³/mol. The van der Waals surface area contributed by atoms with E-state index in [1.165, 1.54) is 0 Å². The number of rotatable bonds is 9. The molecule has 2 aliphatic rings. The molecule has 1 N–H and O–H groups in total. The lowest BCUT2D eigenvalue weighted by Crippen LogP contribution is -2.49. The third kappa shape index (κ3) is 6.53. The summed E-state index contributed by atoms with van der Waals surface area (Å²) in [4.78, 5) is 34.0. The molecule has 0 radical (unpaired) electrons. The minimum Gasteiger partial charge on any atom is -0.346 e. The molecule has 210 valence electrons. The highest BCUT2D eigenvalue weighted by Crippen LogP contribution is 2.46. The van der Waals surface area contributed by atoms with Crippen LogP contribution >= 0.6 is 0 Å². The Hall–Kier alpha value is -3.72. The Morgan fingerprint density at radius 1 is 0.900 bits per heavy atom. The summed E-state index contributed by atoms with van der Waals surface area (Å²) in [6, 6.07) is 18.9. The molecule has 3 aromatic rings. The quantitative estimate of drug-likeness (QED) is 0.396. The zero-order valence-electron chi connectivity index (χ0n) is 22.3. The van der Waals surface area contributed by atoms with Crippen molar-refractivity contribution < 1.29 is 22.8 Å². The molecule has 2 amide bonds. The normalized spacial score (nSPS) is 16.9. The maximum atomic E-state index is 12.9. The number of nitrogens with zero attached hydrogens (tertiary/aromatic N) is 3. The van der Waals surface area contributed by atoms with Gasteiger partial charge >= 0.3 is 6.18 Å². The summed E-state index contributed by atoms with van der Waals surface area (Å²) >= 11 is 0. The predicted octanol–water partition coefficient (Wildman–Crippen LogP) is 4.58. The number of hydrogen-bond donors (Lipinski definition) is 1. The summed E-state index contributed by atoms with van der Waals surface area (Å²) in [6.45, 7) is 2.72. The minimum absolute atomic E-state index is 0.113. The Morgan fingerprint density at radius 3 is 2.40 bits per heavy atom. The van der Waals surface area contributed by atoms with Gasteiger partial charge in [0.25, 0.3) is 0 Å². The van der Waals surface area contributed by atoms with E-state index in [0.29, 0.717) is 19.5 Å². The first-order chi connectivity index (χ1) is 19.3. The Morgan fingerprint density at radius 2 is 1.65 bits per heavy atom. The first-order valence-corrected chi connectivity index (χ1v) is 13.8. The third-order valence-corrected chi connectivity index (χ3v) is 7.71. The van der Waals surface area contributed by atoms with Crippen molar-refractivity contribution in [1.82, 2.24) is 20.1 Å². The molecule has 1 saturated heterocycles. The molecule has 2 aromatic carbocycles. The van der Waals surface area contributed by atoms with Gasteiger partial charge in [0.15, 0.2) is 0 Å². The molecule has 1 aliphatic heterocycles. The van der Waals surface area contributed by atoms with Gasteiger partial charge in [0.2, 0.25) is 11.8 Å². The third-order valence-electron chi connectivity index (χ3n) is 7.71. The molecule has 1 aliphatic carbocycles. The van der Waals surface area contributed by atoms with E-state index in [1.807, 2.05) is 59.5 Å². The van der Waals surface area contributed by atoms with Crippen LogP contribution in [0.5, 0.6) is 0 Å². The van der Waals surface area contributed by atoms with Crippen LogP contribution in [0.3, 0.4) is 0 Å². The Balaban J connectivity index is 1.15. The van der Waals surface area contributed by atoms with Gasteiger partial charge in [-0.05, 0) is 65.8 Å². The molecule has 0 spiro atoms. The van der Waals surface area contributed by atoms with Gasteiger partial charge in [-0.2, -0.15) is 13.2 Å². The van der Waals surface area contributed by atoms with E-state index in [2.05, 4.69) is 21.3 Å². The topological polar surface area (TPSA) is 65.5 Å². The van der Waals surface area contributed by atoms with E-state index < -0.39 is 24.5 Å². The second kappa shape index (κ2) is 12.2. The van der Waals surface area contributed by atoms with Crippen molar-refractivity contribution in [2.24, 2.45) is 0 Å². The number of aryl methyl sites for hydroxylation is 1. The average Bonchev–Trinajstić information content (AvgIpc) is 3.30. The van der Waals surface area contributed by atoms with Gasteiger partial charge in [0.05, 0.1) is 12.3 Å². The van der Waals surface area contributed by atoms with Crippen molar-refractivity contribution in [3.05, 3.63) is 89.2 Å². The molecule has 1 aromatic heterocycles. The second-order valence-corrected chi connectivity index (χ2v) is 10.4. The fraction of sp³-hybridized carbons (Fsp3) is 0.387. The molecule has 1 unspecified atom stereocenters. The lowest BCUT2D eigenvalue weighted by molar-refractivity contribution is -0.138. The largest absolute Gasteiger partial charge is 0.405 e. The molecule has 6 nitrogen and oxygen atoms in total. The maximum Gasteiger partial charge on any atom is 0.405 e. The van der Waals surface area contributed by atoms with Crippen LogP contribution in [0.4, 0.5) is 13.2 Å². The fourth-order valence-electron chi connectivity index (χ4n) is 5.75. The van der Waals surface area contributed by atoms with Gasteiger partial charge in [0, 0.05) is 38.1 Å². The molecule has 0 saturated carbocycles. The number of alkyl halides is 3. The van der Waals surface area contributed by atoms with Gasteiger partial charge in [0.1, 0.15) is 6.54 Å². The Labute approximate surface area is 232 Å². The summed E-state index contributed by atoms with van der Waals surface area (Å²) in [7, 11) is 0. The van der Waals surface area contributed by atoms with E-state index in [4.69, 9.17) is 0 Å². The lowest BCUT2D eigenvalue weighted by Gasteiger charge is -2.34. The minimum atomic E-state index is -4.46. The molecule has 2 heterocycles. The first kappa shape index (κ1) is 27.8. The smallest absolute Gasteiger partial charge is 0.346 e. The van der Waals surface area contributed by atoms with Crippen LogP contribution in [-0.4, -0.2) is 72.0 Å². The molecule has 1 atom stereocenters. The van der Waals surface area contributed by atoms with E-state index >= 15 is 0 Å². The molecule has 0 bridgehead atoms. The number of carbonyl (C=O) groups is 2. The number of piperazine rings is 1. The summed E-state index contributed by atoms with van der Waals surface area (Å²) in [5.74, 6) is -1.26.